The molecule has 3 rings (SSSR count). The molecule has 0 atom stereocenters. The standard InChI is InChI=1S/C16H11N3O6/c1-9-13(8-12-6-7-14(25-12)19(23)24)15(20)18(17-9)11-4-2-10(3-5-11)16(21)22/h2-8H,1H3,(H,21,22). The summed E-state index contributed by atoms with van der Waals surface area (Å²) in [5, 5.41) is 24.8. The molecule has 2 aromatic rings. The number of benzene rings is 1. The molecule has 25 heavy (non-hydrogen) atoms. The van der Waals surface area contributed by atoms with Gasteiger partial charge in [0.15, 0.2) is 0 Å². The van der Waals surface area contributed by atoms with E-state index in [9.17, 15) is 19.7 Å². The zero-order valence-electron chi connectivity index (χ0n) is 12.9. The van der Waals surface area contributed by atoms with E-state index in [1.165, 1.54) is 42.5 Å². The minimum atomic E-state index is -1.07. The monoisotopic (exact) mass is 341 g/mol. The number of hydrogen-bond donors (Lipinski definition) is 1. The Labute approximate surface area is 140 Å². The van der Waals surface area contributed by atoms with Gasteiger partial charge in [-0.3, -0.25) is 14.9 Å². The average molecular weight is 341 g/mol. The van der Waals surface area contributed by atoms with Crippen molar-refractivity contribution in [2.75, 3.05) is 5.01 Å². The number of carboxylic acids is 1. The van der Waals surface area contributed by atoms with Crippen molar-refractivity contribution < 1.29 is 24.0 Å². The van der Waals surface area contributed by atoms with Gasteiger partial charge < -0.3 is 9.52 Å². The third kappa shape index (κ3) is 3.02. The summed E-state index contributed by atoms with van der Waals surface area (Å²) in [6, 6.07) is 8.26. The van der Waals surface area contributed by atoms with Crippen LogP contribution in [0.1, 0.15) is 23.0 Å². The predicted octanol–water partition coefficient (Wildman–Crippen LogP) is 2.69. The van der Waals surface area contributed by atoms with E-state index in [1.807, 2.05) is 0 Å². The molecular formula is C16H11N3O6. The van der Waals surface area contributed by atoms with Gasteiger partial charge in [-0.25, -0.2) is 4.79 Å². The van der Waals surface area contributed by atoms with E-state index < -0.39 is 22.7 Å². The number of hydrazone groups is 1. The maximum atomic E-state index is 12.5. The molecule has 0 fully saturated rings. The van der Waals surface area contributed by atoms with Crippen LogP contribution < -0.4 is 5.01 Å². The number of anilines is 1. The molecule has 126 valence electrons. The van der Waals surface area contributed by atoms with Crippen LogP contribution in [0.25, 0.3) is 6.08 Å². The highest BCUT2D eigenvalue weighted by Gasteiger charge is 2.29. The molecule has 9 heteroatoms. The Balaban J connectivity index is 1.88. The highest BCUT2D eigenvalue weighted by molar-refractivity contribution is 6.32. The molecule has 0 spiro atoms. The van der Waals surface area contributed by atoms with Crippen molar-refractivity contribution in [3.05, 3.63) is 63.4 Å². The minimum absolute atomic E-state index is 0.0924. The van der Waals surface area contributed by atoms with Crippen LogP contribution in [-0.4, -0.2) is 27.6 Å². The topological polar surface area (TPSA) is 126 Å². The summed E-state index contributed by atoms with van der Waals surface area (Å²) < 4.78 is 5.02. The first-order chi connectivity index (χ1) is 11.9. The number of carbonyl (C=O) groups is 2. The molecule has 2 heterocycles. The number of aromatic carboxylic acids is 1. The molecule has 1 amide bonds. The Morgan fingerprint density at radius 3 is 2.52 bits per heavy atom. The van der Waals surface area contributed by atoms with Crippen molar-refractivity contribution >= 4 is 35.2 Å². The Morgan fingerprint density at radius 2 is 1.96 bits per heavy atom. The number of rotatable bonds is 4. The highest BCUT2D eigenvalue weighted by Crippen LogP contribution is 2.26. The third-order valence-electron chi connectivity index (χ3n) is 3.50. The fourth-order valence-electron chi connectivity index (χ4n) is 2.26. The molecule has 1 aromatic carbocycles. The first-order valence-corrected chi connectivity index (χ1v) is 7.06. The number of carboxylic acid groups (broad SMARTS) is 1. The number of nitrogens with zero attached hydrogens (tertiary/aromatic N) is 3. The predicted molar refractivity (Wildman–Crippen MR) is 87.3 cm³/mol. The number of furan rings is 1. The van der Waals surface area contributed by atoms with Gasteiger partial charge in [0.2, 0.25) is 0 Å². The Bertz CT molecular complexity index is 939. The minimum Gasteiger partial charge on any atom is -0.478 e. The fourth-order valence-corrected chi connectivity index (χ4v) is 2.26. The molecule has 0 bridgehead atoms. The van der Waals surface area contributed by atoms with Gasteiger partial charge in [0.1, 0.15) is 10.7 Å². The van der Waals surface area contributed by atoms with Crippen LogP contribution in [0.15, 0.2) is 51.5 Å². The van der Waals surface area contributed by atoms with E-state index in [0.29, 0.717) is 11.4 Å². The van der Waals surface area contributed by atoms with Crippen LogP contribution in [0.4, 0.5) is 11.6 Å². The van der Waals surface area contributed by atoms with Gasteiger partial charge in [0.05, 0.1) is 28.6 Å². The van der Waals surface area contributed by atoms with Gasteiger partial charge in [-0.05, 0) is 43.3 Å². The van der Waals surface area contributed by atoms with Crippen molar-refractivity contribution in [3.63, 3.8) is 0 Å². The van der Waals surface area contributed by atoms with Crippen LogP contribution in [0.3, 0.4) is 0 Å². The molecule has 0 aliphatic carbocycles. The second kappa shape index (κ2) is 6.04. The van der Waals surface area contributed by atoms with E-state index in [1.54, 1.807) is 6.92 Å². The van der Waals surface area contributed by atoms with Crippen molar-refractivity contribution in [2.45, 2.75) is 6.92 Å². The van der Waals surface area contributed by atoms with Crippen LogP contribution in [0, 0.1) is 10.1 Å². The fraction of sp³-hybridized carbons (Fsp3) is 0.0625. The van der Waals surface area contributed by atoms with Crippen LogP contribution in [0.2, 0.25) is 0 Å². The van der Waals surface area contributed by atoms with E-state index in [0.717, 1.165) is 5.01 Å². The molecule has 0 radical (unpaired) electrons. The van der Waals surface area contributed by atoms with Gasteiger partial charge in [-0.15, -0.1) is 0 Å². The molecule has 1 N–H and O–H groups in total. The smallest absolute Gasteiger partial charge is 0.433 e. The van der Waals surface area contributed by atoms with Crippen LogP contribution in [-0.2, 0) is 4.79 Å². The largest absolute Gasteiger partial charge is 0.478 e. The quantitative estimate of drug-likeness (QED) is 0.517. The van der Waals surface area contributed by atoms with Crippen molar-refractivity contribution in [1.29, 1.82) is 0 Å². The van der Waals surface area contributed by atoms with Gasteiger partial charge >= 0.3 is 11.9 Å². The van der Waals surface area contributed by atoms with Gasteiger partial charge in [0.25, 0.3) is 5.91 Å². The Hall–Kier alpha value is -3.75. The van der Waals surface area contributed by atoms with Crippen molar-refractivity contribution in [1.82, 2.24) is 0 Å². The lowest BCUT2D eigenvalue weighted by atomic mass is 10.1. The second-order valence-corrected chi connectivity index (χ2v) is 5.15. The average Bonchev–Trinajstić information content (AvgIpc) is 3.15. The molecule has 1 aliphatic rings. The molecule has 0 saturated carbocycles. The summed E-state index contributed by atoms with van der Waals surface area (Å²) in [5.41, 5.74) is 1.14. The molecule has 9 nitrogen and oxygen atoms in total. The lowest BCUT2D eigenvalue weighted by Crippen LogP contribution is -2.21. The maximum Gasteiger partial charge on any atom is 0.433 e. The second-order valence-electron chi connectivity index (χ2n) is 5.15. The lowest BCUT2D eigenvalue weighted by molar-refractivity contribution is -0.402. The SMILES string of the molecule is CC1=NN(c2ccc(C(=O)O)cc2)C(=O)C1=Cc1ccc([N+](=O)[O-])o1. The normalized spacial score (nSPS) is 15.6. The van der Waals surface area contributed by atoms with E-state index in [-0.39, 0.29) is 16.9 Å². The zero-order chi connectivity index (χ0) is 18.1. The number of hydrogen-bond acceptors (Lipinski definition) is 6. The number of nitro groups is 1. The molecule has 0 unspecified atom stereocenters. The van der Waals surface area contributed by atoms with Gasteiger partial charge in [-0.1, -0.05) is 0 Å². The third-order valence-corrected chi connectivity index (χ3v) is 3.50. The lowest BCUT2D eigenvalue weighted by Gasteiger charge is -2.11. The maximum absolute atomic E-state index is 12.5. The van der Waals surface area contributed by atoms with Gasteiger partial charge in [0, 0.05) is 0 Å². The van der Waals surface area contributed by atoms with Crippen LogP contribution >= 0.6 is 0 Å². The van der Waals surface area contributed by atoms with E-state index in [2.05, 4.69) is 5.10 Å². The summed E-state index contributed by atoms with van der Waals surface area (Å²) >= 11 is 0. The molecule has 1 aromatic heterocycles. The first kappa shape index (κ1) is 16.1. The summed E-state index contributed by atoms with van der Waals surface area (Å²) in [7, 11) is 0. The zero-order valence-corrected chi connectivity index (χ0v) is 12.9. The molecule has 0 saturated heterocycles. The molecular weight excluding hydrogens is 330 g/mol. The van der Waals surface area contributed by atoms with Gasteiger partial charge in [-0.2, -0.15) is 10.1 Å². The Morgan fingerprint density at radius 1 is 1.28 bits per heavy atom. The van der Waals surface area contributed by atoms with Crippen LogP contribution in [0.5, 0.6) is 0 Å². The Kier molecular flexibility index (Phi) is 3.89. The van der Waals surface area contributed by atoms with E-state index in [4.69, 9.17) is 9.52 Å². The first-order valence-electron chi connectivity index (χ1n) is 7.06. The van der Waals surface area contributed by atoms with Crippen molar-refractivity contribution in [3.8, 4) is 0 Å². The highest BCUT2D eigenvalue weighted by atomic mass is 16.6. The number of carbonyl (C=O) groups excluding carboxylic acids is 1. The summed E-state index contributed by atoms with van der Waals surface area (Å²) in [6.45, 7) is 1.62. The van der Waals surface area contributed by atoms with Crippen molar-refractivity contribution in [2.24, 2.45) is 5.10 Å². The summed E-state index contributed by atoms with van der Waals surface area (Å²) in [4.78, 5) is 33.4. The summed E-state index contributed by atoms with van der Waals surface area (Å²) in [6.07, 6.45) is 1.37. The number of amides is 1. The van der Waals surface area contributed by atoms with E-state index >= 15 is 0 Å². The molecule has 1 aliphatic heterocycles. The summed E-state index contributed by atoms with van der Waals surface area (Å²) in [5.74, 6) is -1.78.